The Morgan fingerprint density at radius 3 is 2.69 bits per heavy atom. The third-order valence-corrected chi connectivity index (χ3v) is 5.27. The Kier molecular flexibility index (Phi) is 7.17. The van der Waals surface area contributed by atoms with Gasteiger partial charge in [0.25, 0.3) is 0 Å². The molecule has 0 saturated carbocycles. The Morgan fingerprint density at radius 2 is 1.97 bits per heavy atom. The van der Waals surface area contributed by atoms with Crippen LogP contribution in [0.4, 0.5) is 5.82 Å². The number of nitrogens with one attached hydrogen (secondary N) is 1. The normalized spacial score (nSPS) is 10.8. The molecular formula is C21H22ClN5OS. The first-order valence-electron chi connectivity index (χ1n) is 9.17. The van der Waals surface area contributed by atoms with Crippen LogP contribution < -0.4 is 5.32 Å². The number of carbonyl (C=O) groups excluding carboxylic acids is 1. The van der Waals surface area contributed by atoms with Crippen LogP contribution in [0.5, 0.6) is 0 Å². The van der Waals surface area contributed by atoms with Crippen molar-refractivity contribution < 1.29 is 4.79 Å². The molecule has 0 unspecified atom stereocenters. The second kappa shape index (κ2) is 9.80. The molecule has 1 N–H and O–H groups in total. The van der Waals surface area contributed by atoms with Crippen LogP contribution >= 0.6 is 23.4 Å². The summed E-state index contributed by atoms with van der Waals surface area (Å²) in [5.74, 6) is 0.710. The molecule has 0 radical (unpaired) electrons. The molecule has 3 heterocycles. The average molecular weight is 428 g/mol. The number of carbonyl (C=O) groups is 1. The van der Waals surface area contributed by atoms with Gasteiger partial charge in [-0.3, -0.25) is 4.98 Å². The lowest BCUT2D eigenvalue weighted by Crippen LogP contribution is -2.11. The van der Waals surface area contributed by atoms with Crippen molar-refractivity contribution in [2.24, 2.45) is 0 Å². The van der Waals surface area contributed by atoms with E-state index in [1.54, 1.807) is 12.4 Å². The minimum Gasteiger partial charge on any atom is -0.370 e. The summed E-state index contributed by atoms with van der Waals surface area (Å²) >= 11 is 7.86. The van der Waals surface area contributed by atoms with Crippen LogP contribution in [0, 0.1) is 13.8 Å². The average Bonchev–Trinajstić information content (AvgIpc) is 2.71. The quantitative estimate of drug-likeness (QED) is 0.325. The molecule has 3 aromatic heterocycles. The maximum absolute atomic E-state index is 10.9. The molecule has 8 heteroatoms. The van der Waals surface area contributed by atoms with Crippen molar-refractivity contribution in [2.75, 3.05) is 18.1 Å². The second-order valence-corrected chi connectivity index (χ2v) is 7.78. The van der Waals surface area contributed by atoms with Gasteiger partial charge in [0, 0.05) is 43.5 Å². The zero-order valence-electron chi connectivity index (χ0n) is 16.6. The van der Waals surface area contributed by atoms with Gasteiger partial charge in [-0.25, -0.2) is 15.0 Å². The second-order valence-electron chi connectivity index (χ2n) is 6.60. The molecule has 0 aliphatic rings. The van der Waals surface area contributed by atoms with E-state index in [1.165, 1.54) is 11.8 Å². The molecule has 0 amide bonds. The first-order chi connectivity index (χ1) is 14.0. The Bertz CT molecular complexity index is 1030. The topological polar surface area (TPSA) is 80.7 Å². The smallest absolute Gasteiger partial charge is 0.187 e. The molecule has 0 bridgehead atoms. The highest BCUT2D eigenvalue weighted by atomic mass is 35.5. The number of aryl methyl sites for hydroxylation is 2. The van der Waals surface area contributed by atoms with Crippen molar-refractivity contribution in [3.05, 3.63) is 58.1 Å². The highest BCUT2D eigenvalue weighted by Crippen LogP contribution is 2.30. The standard InChI is InChI=1S/C21H22ClN5OS/c1-13-8-14(2)20(25-10-13)16-9-19(24-12-17(16)22)23-6-4-18-15(5-7-28)11-26-21(27-18)29-3/h7-12H,4-6H2,1-3H3,(H,23,24). The summed E-state index contributed by atoms with van der Waals surface area (Å²) in [5.41, 5.74) is 5.58. The summed E-state index contributed by atoms with van der Waals surface area (Å²) in [5, 5.41) is 4.57. The zero-order valence-corrected chi connectivity index (χ0v) is 18.1. The molecule has 0 aliphatic heterocycles. The first kappa shape index (κ1) is 21.2. The fraction of sp³-hybridized carbons (Fsp3) is 0.286. The van der Waals surface area contributed by atoms with Gasteiger partial charge < -0.3 is 10.1 Å². The molecule has 0 saturated heterocycles. The van der Waals surface area contributed by atoms with Crippen molar-refractivity contribution in [3.63, 3.8) is 0 Å². The molecule has 3 aromatic rings. The number of rotatable bonds is 8. The number of aromatic nitrogens is 4. The van der Waals surface area contributed by atoms with E-state index in [-0.39, 0.29) is 0 Å². The number of anilines is 1. The van der Waals surface area contributed by atoms with Crippen LogP contribution in [0.25, 0.3) is 11.3 Å². The Morgan fingerprint density at radius 1 is 1.14 bits per heavy atom. The number of pyridine rings is 2. The van der Waals surface area contributed by atoms with Gasteiger partial charge in [0.1, 0.15) is 12.1 Å². The van der Waals surface area contributed by atoms with Gasteiger partial charge in [0.2, 0.25) is 0 Å². The molecule has 0 aromatic carbocycles. The Balaban J connectivity index is 1.76. The van der Waals surface area contributed by atoms with Crippen molar-refractivity contribution in [1.29, 1.82) is 0 Å². The molecule has 29 heavy (non-hydrogen) atoms. The third kappa shape index (κ3) is 5.31. The van der Waals surface area contributed by atoms with E-state index >= 15 is 0 Å². The zero-order chi connectivity index (χ0) is 20.8. The summed E-state index contributed by atoms with van der Waals surface area (Å²) < 4.78 is 0. The Labute approximate surface area is 179 Å². The lowest BCUT2D eigenvalue weighted by atomic mass is 10.1. The number of halogens is 1. The van der Waals surface area contributed by atoms with E-state index < -0.39 is 0 Å². The summed E-state index contributed by atoms with van der Waals surface area (Å²) in [7, 11) is 0. The molecule has 0 fully saturated rings. The highest BCUT2D eigenvalue weighted by Gasteiger charge is 2.11. The Hall–Kier alpha value is -2.51. The van der Waals surface area contributed by atoms with Gasteiger partial charge in [0.05, 0.1) is 16.4 Å². The van der Waals surface area contributed by atoms with Crippen LogP contribution in [0.2, 0.25) is 5.02 Å². The van der Waals surface area contributed by atoms with Crippen LogP contribution in [-0.4, -0.2) is 39.0 Å². The number of thioether (sulfide) groups is 1. The summed E-state index contributed by atoms with van der Waals surface area (Å²) in [6.07, 6.45) is 8.96. The van der Waals surface area contributed by atoms with Crippen molar-refractivity contribution in [2.45, 2.75) is 31.8 Å². The predicted octanol–water partition coefficient (Wildman–Crippen LogP) is 4.32. The summed E-state index contributed by atoms with van der Waals surface area (Å²) in [6, 6.07) is 3.99. The fourth-order valence-electron chi connectivity index (χ4n) is 3.02. The monoisotopic (exact) mass is 427 g/mol. The molecule has 6 nitrogen and oxygen atoms in total. The predicted molar refractivity (Wildman–Crippen MR) is 118 cm³/mol. The molecule has 0 atom stereocenters. The molecule has 3 rings (SSSR count). The van der Waals surface area contributed by atoms with E-state index in [0.717, 1.165) is 39.9 Å². The molecule has 150 valence electrons. The van der Waals surface area contributed by atoms with Crippen molar-refractivity contribution >= 4 is 35.5 Å². The lowest BCUT2D eigenvalue weighted by Gasteiger charge is -2.12. The fourth-order valence-corrected chi connectivity index (χ4v) is 3.57. The highest BCUT2D eigenvalue weighted by molar-refractivity contribution is 7.98. The van der Waals surface area contributed by atoms with E-state index in [1.807, 2.05) is 32.4 Å². The number of aldehydes is 1. The van der Waals surface area contributed by atoms with Crippen molar-refractivity contribution in [3.8, 4) is 11.3 Å². The van der Waals surface area contributed by atoms with E-state index in [4.69, 9.17) is 11.6 Å². The van der Waals surface area contributed by atoms with Gasteiger partial charge in [-0.2, -0.15) is 0 Å². The number of hydrogen-bond acceptors (Lipinski definition) is 7. The lowest BCUT2D eigenvalue weighted by molar-refractivity contribution is -0.107. The minimum absolute atomic E-state index is 0.311. The third-order valence-electron chi connectivity index (χ3n) is 4.41. The van der Waals surface area contributed by atoms with Gasteiger partial charge in [-0.15, -0.1) is 0 Å². The van der Waals surface area contributed by atoms with E-state index in [9.17, 15) is 4.79 Å². The van der Waals surface area contributed by atoms with Gasteiger partial charge in [-0.05, 0) is 42.9 Å². The van der Waals surface area contributed by atoms with Gasteiger partial charge >= 0.3 is 0 Å². The molecular weight excluding hydrogens is 406 g/mol. The maximum atomic E-state index is 10.9. The van der Waals surface area contributed by atoms with E-state index in [0.29, 0.717) is 35.4 Å². The van der Waals surface area contributed by atoms with Crippen LogP contribution in [0.3, 0.4) is 0 Å². The first-order valence-corrected chi connectivity index (χ1v) is 10.8. The maximum Gasteiger partial charge on any atom is 0.187 e. The SMILES string of the molecule is CSc1ncc(CC=O)c(CCNc2cc(-c3ncc(C)cc3C)c(Cl)cn2)n1. The van der Waals surface area contributed by atoms with Crippen LogP contribution in [-0.2, 0) is 17.6 Å². The summed E-state index contributed by atoms with van der Waals surface area (Å²) in [4.78, 5) is 28.6. The molecule has 0 aliphatic carbocycles. The van der Waals surface area contributed by atoms with Crippen LogP contribution in [0.15, 0.2) is 35.9 Å². The molecule has 0 spiro atoms. The minimum atomic E-state index is 0.311. The number of nitrogens with zero attached hydrogens (tertiary/aromatic N) is 4. The van der Waals surface area contributed by atoms with Gasteiger partial charge in [-0.1, -0.05) is 29.4 Å². The van der Waals surface area contributed by atoms with Gasteiger partial charge in [0.15, 0.2) is 5.16 Å². The van der Waals surface area contributed by atoms with E-state index in [2.05, 4.69) is 31.3 Å². The van der Waals surface area contributed by atoms with Crippen molar-refractivity contribution in [1.82, 2.24) is 19.9 Å². The van der Waals surface area contributed by atoms with Crippen LogP contribution in [0.1, 0.15) is 22.4 Å². The number of hydrogen-bond donors (Lipinski definition) is 1. The summed E-state index contributed by atoms with van der Waals surface area (Å²) in [6.45, 7) is 4.65. The largest absolute Gasteiger partial charge is 0.370 e.